The molecule has 18 heavy (non-hydrogen) atoms. The van der Waals surface area contributed by atoms with Crippen LogP contribution in [0.3, 0.4) is 0 Å². The molecule has 0 atom stereocenters. The Morgan fingerprint density at radius 3 is 2.89 bits per heavy atom. The summed E-state index contributed by atoms with van der Waals surface area (Å²) in [6.07, 6.45) is 1.85. The van der Waals surface area contributed by atoms with Gasteiger partial charge in [0.2, 0.25) is 0 Å². The van der Waals surface area contributed by atoms with Crippen LogP contribution in [0.5, 0.6) is 0 Å². The van der Waals surface area contributed by atoms with Crippen LogP contribution in [0.25, 0.3) is 21.5 Å². The third-order valence-corrected chi connectivity index (χ3v) is 4.35. The molecule has 2 heterocycles. The van der Waals surface area contributed by atoms with Crippen LogP contribution in [0.15, 0.2) is 34.2 Å². The van der Waals surface area contributed by atoms with Crippen molar-refractivity contribution in [3.8, 4) is 10.6 Å². The summed E-state index contributed by atoms with van der Waals surface area (Å²) in [4.78, 5) is 18.3. The Balaban J connectivity index is 2.20. The lowest BCUT2D eigenvalue weighted by Gasteiger charge is -1.92. The maximum atomic E-state index is 11.0. The summed E-state index contributed by atoms with van der Waals surface area (Å²) < 4.78 is 0.537. The molecule has 6 heteroatoms. The molecule has 0 aliphatic rings. The number of H-pyrrole nitrogens is 1. The van der Waals surface area contributed by atoms with Crippen LogP contribution in [0.4, 0.5) is 0 Å². The van der Waals surface area contributed by atoms with Crippen molar-refractivity contribution < 1.29 is 9.90 Å². The maximum absolute atomic E-state index is 11.0. The summed E-state index contributed by atoms with van der Waals surface area (Å²) in [6, 6.07) is 7.85. The Labute approximate surface area is 114 Å². The van der Waals surface area contributed by atoms with Crippen LogP contribution in [0, 0.1) is 0 Å². The minimum absolute atomic E-state index is 0.0558. The number of aromatic nitrogens is 2. The quantitative estimate of drug-likeness (QED) is 0.755. The summed E-state index contributed by atoms with van der Waals surface area (Å²) in [5.74, 6) is -1.02. The van der Waals surface area contributed by atoms with Gasteiger partial charge in [-0.25, -0.2) is 9.78 Å². The lowest BCUT2D eigenvalue weighted by atomic mass is 10.2. The maximum Gasteiger partial charge on any atom is 0.356 e. The SMILES string of the molecule is O=C(O)c1nc(-c2c[nH]c3ccccc23)sc1Br. The minimum Gasteiger partial charge on any atom is -0.476 e. The second-order valence-corrected chi connectivity index (χ2v) is 6.01. The second kappa shape index (κ2) is 4.22. The van der Waals surface area contributed by atoms with Crippen LogP contribution >= 0.6 is 27.3 Å². The van der Waals surface area contributed by atoms with Gasteiger partial charge in [-0.1, -0.05) is 18.2 Å². The summed E-state index contributed by atoms with van der Waals surface area (Å²) in [5, 5.41) is 10.7. The molecule has 2 N–H and O–H groups in total. The monoisotopic (exact) mass is 322 g/mol. The number of carbonyl (C=O) groups is 1. The van der Waals surface area contributed by atoms with Crippen molar-refractivity contribution in [3.05, 3.63) is 39.9 Å². The number of rotatable bonds is 2. The summed E-state index contributed by atoms with van der Waals surface area (Å²) in [6.45, 7) is 0. The number of carboxylic acid groups (broad SMARTS) is 1. The molecule has 0 spiro atoms. The highest BCUT2D eigenvalue weighted by molar-refractivity contribution is 9.11. The van der Waals surface area contributed by atoms with E-state index in [0.717, 1.165) is 16.5 Å². The largest absolute Gasteiger partial charge is 0.476 e. The van der Waals surface area contributed by atoms with Crippen molar-refractivity contribution in [2.45, 2.75) is 0 Å². The fraction of sp³-hybridized carbons (Fsp3) is 0. The number of halogens is 1. The van der Waals surface area contributed by atoms with Gasteiger partial charge in [-0.05, 0) is 22.0 Å². The fourth-order valence-electron chi connectivity index (χ4n) is 1.80. The van der Waals surface area contributed by atoms with Crippen LogP contribution < -0.4 is 0 Å². The number of benzene rings is 1. The molecule has 0 amide bonds. The number of hydrogen-bond acceptors (Lipinski definition) is 3. The molecule has 1 aromatic carbocycles. The third kappa shape index (κ3) is 1.74. The number of aromatic amines is 1. The second-order valence-electron chi connectivity index (χ2n) is 3.69. The smallest absolute Gasteiger partial charge is 0.356 e. The lowest BCUT2D eigenvalue weighted by Crippen LogP contribution is -1.96. The van der Waals surface area contributed by atoms with E-state index in [0.29, 0.717) is 8.79 Å². The van der Waals surface area contributed by atoms with Crippen molar-refractivity contribution in [2.24, 2.45) is 0 Å². The normalized spacial score (nSPS) is 10.9. The van der Waals surface area contributed by atoms with Crippen molar-refractivity contribution in [1.29, 1.82) is 0 Å². The van der Waals surface area contributed by atoms with Gasteiger partial charge in [0.25, 0.3) is 0 Å². The van der Waals surface area contributed by atoms with E-state index < -0.39 is 5.97 Å². The zero-order valence-corrected chi connectivity index (χ0v) is 11.4. The topological polar surface area (TPSA) is 66.0 Å². The van der Waals surface area contributed by atoms with E-state index in [4.69, 9.17) is 5.11 Å². The Kier molecular flexibility index (Phi) is 2.68. The van der Waals surface area contributed by atoms with Crippen LogP contribution in [0.2, 0.25) is 0 Å². The molecule has 0 saturated heterocycles. The van der Waals surface area contributed by atoms with Crippen molar-refractivity contribution in [1.82, 2.24) is 9.97 Å². The van der Waals surface area contributed by atoms with E-state index in [1.54, 1.807) is 0 Å². The predicted octanol–water partition coefficient (Wildman–Crippen LogP) is 3.75. The first-order valence-electron chi connectivity index (χ1n) is 5.13. The molecule has 90 valence electrons. The number of nitrogens with one attached hydrogen (secondary N) is 1. The van der Waals surface area contributed by atoms with Crippen LogP contribution in [-0.4, -0.2) is 21.0 Å². The van der Waals surface area contributed by atoms with E-state index >= 15 is 0 Å². The molecule has 3 rings (SSSR count). The van der Waals surface area contributed by atoms with E-state index in [1.807, 2.05) is 30.5 Å². The molecule has 0 unspecified atom stereocenters. The van der Waals surface area contributed by atoms with Gasteiger partial charge in [-0.15, -0.1) is 11.3 Å². The average Bonchev–Trinajstić information content (AvgIpc) is 2.92. The molecule has 0 fully saturated rings. The van der Waals surface area contributed by atoms with Gasteiger partial charge < -0.3 is 10.1 Å². The first kappa shape index (κ1) is 11.4. The summed E-state index contributed by atoms with van der Waals surface area (Å²) in [7, 11) is 0. The van der Waals surface area contributed by atoms with Crippen LogP contribution in [0.1, 0.15) is 10.5 Å². The molecule has 0 aliphatic heterocycles. The van der Waals surface area contributed by atoms with Gasteiger partial charge in [0.15, 0.2) is 5.69 Å². The molecule has 3 aromatic rings. The number of thiazole rings is 1. The van der Waals surface area contributed by atoms with Gasteiger partial charge in [0.1, 0.15) is 8.79 Å². The number of para-hydroxylation sites is 1. The molecule has 0 saturated carbocycles. The molecule has 4 nitrogen and oxygen atoms in total. The highest BCUT2D eigenvalue weighted by Gasteiger charge is 2.18. The highest BCUT2D eigenvalue weighted by Crippen LogP contribution is 2.35. The molecule has 0 bridgehead atoms. The number of hydrogen-bond donors (Lipinski definition) is 2. The van der Waals surface area contributed by atoms with Crippen molar-refractivity contribution >= 4 is 44.1 Å². The van der Waals surface area contributed by atoms with Gasteiger partial charge in [-0.3, -0.25) is 0 Å². The lowest BCUT2D eigenvalue weighted by molar-refractivity contribution is 0.0690. The zero-order valence-electron chi connectivity index (χ0n) is 8.98. The Bertz CT molecular complexity index is 747. The molecule has 0 aliphatic carbocycles. The van der Waals surface area contributed by atoms with E-state index in [1.165, 1.54) is 11.3 Å². The predicted molar refractivity (Wildman–Crippen MR) is 74.1 cm³/mol. The number of nitrogens with zero attached hydrogens (tertiary/aromatic N) is 1. The molecule has 2 aromatic heterocycles. The highest BCUT2D eigenvalue weighted by atomic mass is 79.9. The van der Waals surface area contributed by atoms with Gasteiger partial charge in [0.05, 0.1) is 0 Å². The summed E-state index contributed by atoms with van der Waals surface area (Å²) in [5.41, 5.74) is 1.99. The van der Waals surface area contributed by atoms with Crippen molar-refractivity contribution in [2.75, 3.05) is 0 Å². The number of fused-ring (bicyclic) bond motifs is 1. The first-order chi connectivity index (χ1) is 8.66. The molecule has 0 radical (unpaired) electrons. The Hall–Kier alpha value is -1.66. The first-order valence-corrected chi connectivity index (χ1v) is 6.74. The van der Waals surface area contributed by atoms with Crippen LogP contribution in [-0.2, 0) is 0 Å². The Morgan fingerprint density at radius 1 is 1.39 bits per heavy atom. The number of carboxylic acids is 1. The molecular weight excluding hydrogens is 316 g/mol. The summed E-state index contributed by atoms with van der Waals surface area (Å²) >= 11 is 4.55. The van der Waals surface area contributed by atoms with Gasteiger partial charge >= 0.3 is 5.97 Å². The van der Waals surface area contributed by atoms with E-state index in [-0.39, 0.29) is 5.69 Å². The number of aromatic carboxylic acids is 1. The molecular formula is C12H7BrN2O2S. The average molecular weight is 323 g/mol. The van der Waals surface area contributed by atoms with Gasteiger partial charge in [0, 0.05) is 22.7 Å². The van der Waals surface area contributed by atoms with E-state index in [2.05, 4.69) is 25.9 Å². The fourth-order valence-corrected chi connectivity index (χ4v) is 3.33. The van der Waals surface area contributed by atoms with E-state index in [9.17, 15) is 4.79 Å². The zero-order chi connectivity index (χ0) is 12.7. The van der Waals surface area contributed by atoms with Gasteiger partial charge in [-0.2, -0.15) is 0 Å². The third-order valence-electron chi connectivity index (χ3n) is 2.61. The minimum atomic E-state index is -1.02. The Morgan fingerprint density at radius 2 is 2.17 bits per heavy atom. The standard InChI is InChI=1S/C12H7BrN2O2S/c13-10-9(12(16)17)15-11(18-10)7-5-14-8-4-2-1-3-6(7)8/h1-5,14H,(H,16,17). The van der Waals surface area contributed by atoms with Crippen molar-refractivity contribution in [3.63, 3.8) is 0 Å².